The zero-order valence-electron chi connectivity index (χ0n) is 15.3. The van der Waals surface area contributed by atoms with Gasteiger partial charge >= 0.3 is 0 Å². The minimum atomic E-state index is -0.281. The molecule has 2 aromatic heterocycles. The highest BCUT2D eigenvalue weighted by Crippen LogP contribution is 2.27. The summed E-state index contributed by atoms with van der Waals surface area (Å²) in [6, 6.07) is 12.4. The van der Waals surface area contributed by atoms with E-state index >= 15 is 0 Å². The summed E-state index contributed by atoms with van der Waals surface area (Å²) in [4.78, 5) is 20.8. The first-order chi connectivity index (χ1) is 14.0. The highest BCUT2D eigenvalue weighted by Gasteiger charge is 2.11. The molecule has 0 radical (unpaired) electrons. The van der Waals surface area contributed by atoms with E-state index in [1.54, 1.807) is 48.8 Å². The number of fused-ring (bicyclic) bond motifs is 1. The molecule has 0 saturated carbocycles. The van der Waals surface area contributed by atoms with Gasteiger partial charge < -0.3 is 14.5 Å². The molecule has 0 aliphatic heterocycles. The molecule has 29 heavy (non-hydrogen) atoms. The Balaban J connectivity index is 1.45. The molecule has 0 saturated heterocycles. The molecule has 8 heteroatoms. The van der Waals surface area contributed by atoms with Crippen LogP contribution in [0.3, 0.4) is 0 Å². The molecule has 1 amide bonds. The van der Waals surface area contributed by atoms with E-state index in [1.807, 2.05) is 13.0 Å². The SMILES string of the molecule is Cc1cc(OCC(=O)Nc2ccc3oc(-c4cncc(Br)c4)nc3c2)ccc1Cl. The summed E-state index contributed by atoms with van der Waals surface area (Å²) < 4.78 is 12.1. The van der Waals surface area contributed by atoms with Crippen molar-refractivity contribution in [1.82, 2.24) is 9.97 Å². The number of carbonyl (C=O) groups is 1. The van der Waals surface area contributed by atoms with Gasteiger partial charge in [0.2, 0.25) is 5.89 Å². The van der Waals surface area contributed by atoms with E-state index in [4.69, 9.17) is 20.8 Å². The molecule has 0 bridgehead atoms. The number of pyridine rings is 1. The number of nitrogens with zero attached hydrogens (tertiary/aromatic N) is 2. The summed E-state index contributed by atoms with van der Waals surface area (Å²) in [5.41, 5.74) is 3.49. The average Bonchev–Trinajstić information content (AvgIpc) is 3.12. The van der Waals surface area contributed by atoms with E-state index in [2.05, 4.69) is 31.2 Å². The summed E-state index contributed by atoms with van der Waals surface area (Å²) in [7, 11) is 0. The summed E-state index contributed by atoms with van der Waals surface area (Å²) in [6.07, 6.45) is 3.36. The molecule has 6 nitrogen and oxygen atoms in total. The number of ether oxygens (including phenoxy) is 1. The minimum absolute atomic E-state index is 0.118. The summed E-state index contributed by atoms with van der Waals surface area (Å²) in [5, 5.41) is 3.45. The van der Waals surface area contributed by atoms with Gasteiger partial charge in [-0.2, -0.15) is 0 Å². The first-order valence-electron chi connectivity index (χ1n) is 8.68. The fourth-order valence-corrected chi connectivity index (χ4v) is 3.19. The summed E-state index contributed by atoms with van der Waals surface area (Å²) in [5.74, 6) is 0.761. The molecule has 0 unspecified atom stereocenters. The van der Waals surface area contributed by atoms with Crippen LogP contribution in [-0.4, -0.2) is 22.5 Å². The van der Waals surface area contributed by atoms with Gasteiger partial charge in [-0.05, 0) is 70.9 Å². The van der Waals surface area contributed by atoms with Gasteiger partial charge in [0.15, 0.2) is 12.2 Å². The molecule has 4 rings (SSSR count). The Morgan fingerprint density at radius 1 is 1.21 bits per heavy atom. The van der Waals surface area contributed by atoms with E-state index in [1.165, 1.54) is 0 Å². The Morgan fingerprint density at radius 2 is 2.07 bits per heavy atom. The van der Waals surface area contributed by atoms with Crippen LogP contribution in [0.1, 0.15) is 5.56 Å². The van der Waals surface area contributed by atoms with E-state index < -0.39 is 0 Å². The molecule has 2 aromatic carbocycles. The predicted octanol–water partition coefficient (Wildman–Crippen LogP) is 5.63. The number of aromatic nitrogens is 2. The fraction of sp³-hybridized carbons (Fsp3) is 0.0952. The van der Waals surface area contributed by atoms with E-state index in [0.29, 0.717) is 33.4 Å². The maximum atomic E-state index is 12.2. The largest absolute Gasteiger partial charge is 0.484 e. The van der Waals surface area contributed by atoms with Gasteiger partial charge in [0.05, 0.1) is 5.56 Å². The smallest absolute Gasteiger partial charge is 0.262 e. The van der Waals surface area contributed by atoms with Crippen molar-refractivity contribution in [3.8, 4) is 17.2 Å². The van der Waals surface area contributed by atoms with Crippen LogP contribution < -0.4 is 10.1 Å². The first kappa shape index (κ1) is 19.4. The maximum Gasteiger partial charge on any atom is 0.262 e. The zero-order chi connectivity index (χ0) is 20.4. The number of rotatable bonds is 5. The van der Waals surface area contributed by atoms with Crippen molar-refractivity contribution in [3.05, 3.63) is 69.9 Å². The van der Waals surface area contributed by atoms with Gasteiger partial charge in [0, 0.05) is 27.6 Å². The van der Waals surface area contributed by atoms with Crippen molar-refractivity contribution >= 4 is 50.2 Å². The molecule has 2 heterocycles. The van der Waals surface area contributed by atoms with Crippen LogP contribution in [0.2, 0.25) is 5.02 Å². The summed E-state index contributed by atoms with van der Waals surface area (Å²) >= 11 is 9.38. The second-order valence-electron chi connectivity index (χ2n) is 6.34. The first-order valence-corrected chi connectivity index (χ1v) is 9.85. The second-order valence-corrected chi connectivity index (χ2v) is 7.66. The van der Waals surface area contributed by atoms with Crippen LogP contribution in [0, 0.1) is 6.92 Å². The number of hydrogen-bond acceptors (Lipinski definition) is 5. The van der Waals surface area contributed by atoms with Crippen molar-refractivity contribution in [2.75, 3.05) is 11.9 Å². The number of aryl methyl sites for hydroxylation is 1. The van der Waals surface area contributed by atoms with Gasteiger partial charge in [-0.25, -0.2) is 4.98 Å². The fourth-order valence-electron chi connectivity index (χ4n) is 2.71. The quantitative estimate of drug-likeness (QED) is 0.407. The average molecular weight is 473 g/mol. The van der Waals surface area contributed by atoms with Gasteiger partial charge in [0.25, 0.3) is 5.91 Å². The Hall–Kier alpha value is -2.90. The summed E-state index contributed by atoms with van der Waals surface area (Å²) in [6.45, 7) is 1.76. The van der Waals surface area contributed by atoms with Gasteiger partial charge in [0.1, 0.15) is 11.3 Å². The highest BCUT2D eigenvalue weighted by molar-refractivity contribution is 9.10. The molecule has 0 aliphatic carbocycles. The molecule has 0 aliphatic rings. The normalized spacial score (nSPS) is 10.9. The number of anilines is 1. The van der Waals surface area contributed by atoms with Crippen LogP contribution >= 0.6 is 27.5 Å². The van der Waals surface area contributed by atoms with E-state index in [9.17, 15) is 4.79 Å². The van der Waals surface area contributed by atoms with Gasteiger partial charge in [-0.3, -0.25) is 9.78 Å². The molecule has 1 N–H and O–H groups in total. The minimum Gasteiger partial charge on any atom is -0.484 e. The third kappa shape index (κ3) is 4.58. The standard InChI is InChI=1S/C21H15BrClN3O3/c1-12-6-16(3-4-17(12)23)28-11-20(27)25-15-2-5-19-18(8-15)26-21(29-19)13-7-14(22)10-24-9-13/h2-10H,11H2,1H3,(H,25,27). The van der Waals surface area contributed by atoms with E-state index in [0.717, 1.165) is 15.6 Å². The lowest BCUT2D eigenvalue weighted by atomic mass is 10.2. The topological polar surface area (TPSA) is 77.2 Å². The maximum absolute atomic E-state index is 12.2. The highest BCUT2D eigenvalue weighted by atomic mass is 79.9. The molecule has 4 aromatic rings. The Labute approximate surface area is 180 Å². The molecule has 146 valence electrons. The van der Waals surface area contributed by atoms with Crippen LogP contribution in [-0.2, 0) is 4.79 Å². The van der Waals surface area contributed by atoms with Gasteiger partial charge in [-0.15, -0.1) is 0 Å². The van der Waals surface area contributed by atoms with Crippen molar-refractivity contribution in [2.24, 2.45) is 0 Å². The zero-order valence-corrected chi connectivity index (χ0v) is 17.6. The van der Waals surface area contributed by atoms with Crippen LogP contribution in [0.25, 0.3) is 22.6 Å². The lowest BCUT2D eigenvalue weighted by Crippen LogP contribution is -2.20. The molecule has 0 spiro atoms. The second kappa shape index (κ2) is 8.23. The third-order valence-corrected chi connectivity index (χ3v) is 4.98. The lowest BCUT2D eigenvalue weighted by molar-refractivity contribution is -0.118. The monoisotopic (exact) mass is 471 g/mol. The third-order valence-electron chi connectivity index (χ3n) is 4.12. The number of oxazole rings is 1. The Kier molecular flexibility index (Phi) is 5.51. The van der Waals surface area contributed by atoms with Crippen molar-refractivity contribution < 1.29 is 13.9 Å². The number of hydrogen-bond donors (Lipinski definition) is 1. The number of benzene rings is 2. The molecule has 0 fully saturated rings. The molecule has 0 atom stereocenters. The molecular formula is C21H15BrClN3O3. The number of amides is 1. The molecular weight excluding hydrogens is 458 g/mol. The van der Waals surface area contributed by atoms with Crippen LogP contribution in [0.4, 0.5) is 5.69 Å². The van der Waals surface area contributed by atoms with E-state index in [-0.39, 0.29) is 12.5 Å². The number of carbonyl (C=O) groups excluding carboxylic acids is 1. The Morgan fingerprint density at radius 3 is 2.86 bits per heavy atom. The predicted molar refractivity (Wildman–Crippen MR) is 115 cm³/mol. The van der Waals surface area contributed by atoms with Crippen LogP contribution in [0.15, 0.2) is 63.7 Å². The van der Waals surface area contributed by atoms with Crippen molar-refractivity contribution in [1.29, 1.82) is 0 Å². The lowest BCUT2D eigenvalue weighted by Gasteiger charge is -2.08. The van der Waals surface area contributed by atoms with Crippen molar-refractivity contribution in [2.45, 2.75) is 6.92 Å². The number of halogens is 2. The van der Waals surface area contributed by atoms with Gasteiger partial charge in [-0.1, -0.05) is 11.6 Å². The number of nitrogens with one attached hydrogen (secondary N) is 1. The van der Waals surface area contributed by atoms with Crippen LogP contribution in [0.5, 0.6) is 5.75 Å². The Bertz CT molecular complexity index is 1210. The van der Waals surface area contributed by atoms with Crippen molar-refractivity contribution in [3.63, 3.8) is 0 Å².